The molecule has 0 fully saturated rings. The van der Waals surface area contributed by atoms with Gasteiger partial charge < -0.3 is 0 Å². The highest BCUT2D eigenvalue weighted by Crippen LogP contribution is 2.41. The quantitative estimate of drug-likeness (QED) is 0.518. The number of rotatable bonds is 0. The zero-order valence-corrected chi connectivity index (χ0v) is 7.91. The molecular formula is C11H15N. The summed E-state index contributed by atoms with van der Waals surface area (Å²) < 4.78 is 0. The lowest BCUT2D eigenvalue weighted by atomic mass is 9.74. The zero-order chi connectivity index (χ0) is 8.77. The molecule has 1 aliphatic carbocycles. The van der Waals surface area contributed by atoms with E-state index < -0.39 is 0 Å². The highest BCUT2D eigenvalue weighted by atomic mass is 14.9. The molecule has 0 saturated carbocycles. The van der Waals surface area contributed by atoms with Crippen molar-refractivity contribution in [3.05, 3.63) is 24.3 Å². The Morgan fingerprint density at radius 2 is 1.92 bits per heavy atom. The Bertz CT molecular complexity index is 281. The summed E-state index contributed by atoms with van der Waals surface area (Å²) in [6, 6.07) is 0.407. The summed E-state index contributed by atoms with van der Waals surface area (Å²) >= 11 is 0. The number of allylic oxidation sites excluding steroid dienone is 2. The Labute approximate surface area is 73.9 Å². The van der Waals surface area contributed by atoms with Gasteiger partial charge in [-0.2, -0.15) is 0 Å². The lowest BCUT2D eigenvalue weighted by Crippen LogP contribution is -2.29. The molecule has 0 N–H and O–H groups in total. The molecule has 2 aliphatic rings. The molecule has 1 aliphatic heterocycles. The Morgan fingerprint density at radius 3 is 2.58 bits per heavy atom. The molecule has 1 heteroatoms. The second-order valence-corrected chi connectivity index (χ2v) is 4.22. The monoisotopic (exact) mass is 161 g/mol. The average Bonchev–Trinajstić information content (AvgIpc) is 2.25. The molecule has 0 spiro atoms. The van der Waals surface area contributed by atoms with Crippen molar-refractivity contribution in [2.24, 2.45) is 16.3 Å². The van der Waals surface area contributed by atoms with Crippen molar-refractivity contribution in [3.8, 4) is 0 Å². The van der Waals surface area contributed by atoms with Crippen LogP contribution in [0.5, 0.6) is 0 Å². The highest BCUT2D eigenvalue weighted by Gasteiger charge is 2.40. The minimum atomic E-state index is 0.256. The number of aliphatic imine (C=N–C) groups is 1. The summed E-state index contributed by atoms with van der Waals surface area (Å²) in [7, 11) is 0. The zero-order valence-electron chi connectivity index (χ0n) is 7.91. The van der Waals surface area contributed by atoms with Crippen LogP contribution in [-0.2, 0) is 0 Å². The van der Waals surface area contributed by atoms with Gasteiger partial charge in [0.15, 0.2) is 0 Å². The number of hydrogen-bond acceptors (Lipinski definition) is 1. The number of hydrogen-bond donors (Lipinski definition) is 0. The molecule has 0 aromatic heterocycles. The predicted molar refractivity (Wildman–Crippen MR) is 52.4 cm³/mol. The van der Waals surface area contributed by atoms with Crippen molar-refractivity contribution in [1.82, 2.24) is 0 Å². The molecular weight excluding hydrogens is 146 g/mol. The van der Waals surface area contributed by atoms with Crippen LogP contribution in [0, 0.1) is 11.3 Å². The molecule has 1 heterocycles. The van der Waals surface area contributed by atoms with Crippen LogP contribution in [0.2, 0.25) is 0 Å². The van der Waals surface area contributed by atoms with E-state index in [1.807, 2.05) is 0 Å². The highest BCUT2D eigenvalue weighted by molar-refractivity contribution is 5.90. The summed E-state index contributed by atoms with van der Waals surface area (Å²) in [5, 5.41) is 0. The maximum Gasteiger partial charge on any atom is 0.0753 e. The van der Waals surface area contributed by atoms with Crippen LogP contribution >= 0.6 is 0 Å². The van der Waals surface area contributed by atoms with Gasteiger partial charge in [0, 0.05) is 17.0 Å². The minimum Gasteiger partial charge on any atom is -0.286 e. The molecule has 0 aromatic rings. The van der Waals surface area contributed by atoms with Crippen LogP contribution in [-0.4, -0.2) is 11.8 Å². The fraction of sp³-hybridized carbons (Fsp3) is 0.545. The maximum atomic E-state index is 4.64. The summed E-state index contributed by atoms with van der Waals surface area (Å²) in [6.07, 6.45) is 8.71. The van der Waals surface area contributed by atoms with E-state index in [2.05, 4.69) is 50.1 Å². The van der Waals surface area contributed by atoms with Crippen LogP contribution < -0.4 is 0 Å². The van der Waals surface area contributed by atoms with Crippen LogP contribution in [0.3, 0.4) is 0 Å². The van der Waals surface area contributed by atoms with Crippen LogP contribution in [0.25, 0.3) is 0 Å². The maximum absolute atomic E-state index is 4.64. The molecule has 64 valence electrons. The fourth-order valence-electron chi connectivity index (χ4n) is 2.02. The third kappa shape index (κ3) is 0.889. The first-order valence-electron chi connectivity index (χ1n) is 4.52. The lowest BCUT2D eigenvalue weighted by molar-refractivity contribution is 0.380. The number of nitrogens with zero attached hydrogens (tertiary/aromatic N) is 1. The molecule has 1 nitrogen and oxygen atoms in total. The Kier molecular flexibility index (Phi) is 1.50. The van der Waals surface area contributed by atoms with Crippen LogP contribution in [0.1, 0.15) is 20.8 Å². The second kappa shape index (κ2) is 2.32. The average molecular weight is 161 g/mol. The Balaban J connectivity index is 2.39. The molecule has 0 radical (unpaired) electrons. The molecule has 0 bridgehead atoms. The summed E-state index contributed by atoms with van der Waals surface area (Å²) in [5.41, 5.74) is 1.54. The van der Waals surface area contributed by atoms with E-state index in [0.29, 0.717) is 12.0 Å². The SMILES string of the molecule is CC1=NC2C=CC=CC2C1(C)C. The summed E-state index contributed by atoms with van der Waals surface area (Å²) in [5.74, 6) is 0.586. The van der Waals surface area contributed by atoms with Crippen LogP contribution in [0.15, 0.2) is 29.3 Å². The first-order chi connectivity index (χ1) is 5.62. The largest absolute Gasteiger partial charge is 0.286 e. The van der Waals surface area contributed by atoms with E-state index in [9.17, 15) is 0 Å². The van der Waals surface area contributed by atoms with Gasteiger partial charge in [-0.25, -0.2) is 0 Å². The van der Waals surface area contributed by atoms with E-state index >= 15 is 0 Å². The van der Waals surface area contributed by atoms with Gasteiger partial charge in [0.1, 0.15) is 0 Å². The molecule has 12 heavy (non-hydrogen) atoms. The van der Waals surface area contributed by atoms with Crippen LogP contribution in [0.4, 0.5) is 0 Å². The molecule has 0 aromatic carbocycles. The third-order valence-electron chi connectivity index (χ3n) is 3.21. The topological polar surface area (TPSA) is 12.4 Å². The van der Waals surface area contributed by atoms with Crippen molar-refractivity contribution in [2.45, 2.75) is 26.8 Å². The van der Waals surface area contributed by atoms with Crippen molar-refractivity contribution < 1.29 is 0 Å². The second-order valence-electron chi connectivity index (χ2n) is 4.22. The van der Waals surface area contributed by atoms with Crippen molar-refractivity contribution >= 4 is 5.71 Å². The molecule has 2 atom stereocenters. The van der Waals surface area contributed by atoms with Crippen molar-refractivity contribution in [3.63, 3.8) is 0 Å². The van der Waals surface area contributed by atoms with Crippen molar-refractivity contribution in [2.75, 3.05) is 0 Å². The van der Waals surface area contributed by atoms with Gasteiger partial charge >= 0.3 is 0 Å². The van der Waals surface area contributed by atoms with E-state index in [0.717, 1.165) is 0 Å². The van der Waals surface area contributed by atoms with E-state index in [-0.39, 0.29) is 5.41 Å². The predicted octanol–water partition coefficient (Wildman–Crippen LogP) is 2.60. The normalized spacial score (nSPS) is 36.4. The number of fused-ring (bicyclic) bond motifs is 1. The van der Waals surface area contributed by atoms with E-state index in [4.69, 9.17) is 0 Å². The smallest absolute Gasteiger partial charge is 0.0753 e. The van der Waals surface area contributed by atoms with Gasteiger partial charge in [0.2, 0.25) is 0 Å². The van der Waals surface area contributed by atoms with Gasteiger partial charge in [-0.3, -0.25) is 4.99 Å². The van der Waals surface area contributed by atoms with Gasteiger partial charge in [0.05, 0.1) is 6.04 Å². The lowest BCUT2D eigenvalue weighted by Gasteiger charge is -2.28. The van der Waals surface area contributed by atoms with Gasteiger partial charge in [-0.15, -0.1) is 0 Å². The van der Waals surface area contributed by atoms with Gasteiger partial charge in [0.25, 0.3) is 0 Å². The Morgan fingerprint density at radius 1 is 1.25 bits per heavy atom. The first kappa shape index (κ1) is 7.78. The fourth-order valence-corrected chi connectivity index (χ4v) is 2.02. The van der Waals surface area contributed by atoms with E-state index in [1.165, 1.54) is 5.71 Å². The Hall–Kier alpha value is -0.850. The summed E-state index contributed by atoms with van der Waals surface area (Å²) in [4.78, 5) is 4.64. The molecule has 0 saturated heterocycles. The van der Waals surface area contributed by atoms with Gasteiger partial charge in [-0.05, 0) is 6.92 Å². The molecule has 2 unspecified atom stereocenters. The first-order valence-corrected chi connectivity index (χ1v) is 4.52. The van der Waals surface area contributed by atoms with E-state index in [1.54, 1.807) is 0 Å². The summed E-state index contributed by atoms with van der Waals surface area (Å²) in [6.45, 7) is 6.69. The van der Waals surface area contributed by atoms with Crippen molar-refractivity contribution in [1.29, 1.82) is 0 Å². The standard InChI is InChI=1S/C11H15N/c1-8-11(2,3)9-6-4-5-7-10(9)12-8/h4-7,9-10H,1-3H3. The molecule has 2 rings (SSSR count). The third-order valence-corrected chi connectivity index (χ3v) is 3.21. The molecule has 0 amide bonds. The van der Waals surface area contributed by atoms with Gasteiger partial charge in [-0.1, -0.05) is 38.2 Å². The minimum absolute atomic E-state index is 0.256.